The van der Waals surface area contributed by atoms with Gasteiger partial charge in [-0.3, -0.25) is 4.79 Å². The maximum atomic E-state index is 11.4. The number of ether oxygens (including phenoxy) is 1. The SMILES string of the molecule is CCCC(CBr)COc1ccccc1C(C)=O. The van der Waals surface area contributed by atoms with E-state index in [1.54, 1.807) is 13.0 Å². The summed E-state index contributed by atoms with van der Waals surface area (Å²) < 4.78 is 5.75. The van der Waals surface area contributed by atoms with Crippen LogP contribution in [0.3, 0.4) is 0 Å². The van der Waals surface area contributed by atoms with E-state index in [0.29, 0.717) is 23.8 Å². The van der Waals surface area contributed by atoms with Gasteiger partial charge in [0.05, 0.1) is 12.2 Å². The van der Waals surface area contributed by atoms with Crippen molar-refractivity contribution in [2.45, 2.75) is 26.7 Å². The lowest BCUT2D eigenvalue weighted by atomic mass is 10.1. The first-order valence-corrected chi connectivity index (χ1v) is 7.09. The molecule has 0 spiro atoms. The second kappa shape index (κ2) is 7.49. The molecular weight excluding hydrogens is 280 g/mol. The summed E-state index contributed by atoms with van der Waals surface area (Å²) in [6, 6.07) is 7.41. The second-order valence-corrected chi connectivity index (χ2v) is 4.82. The lowest BCUT2D eigenvalue weighted by Gasteiger charge is -2.15. The normalized spacial score (nSPS) is 12.2. The third-order valence-corrected chi connectivity index (χ3v) is 3.57. The van der Waals surface area contributed by atoms with E-state index in [1.165, 1.54) is 0 Å². The minimum atomic E-state index is 0.0477. The van der Waals surface area contributed by atoms with E-state index in [0.717, 1.165) is 18.2 Å². The molecule has 1 unspecified atom stereocenters. The number of Topliss-reactive ketones (excluding diaryl/α,β-unsaturated/α-hetero) is 1. The molecule has 2 nitrogen and oxygen atoms in total. The predicted molar refractivity (Wildman–Crippen MR) is 74.1 cm³/mol. The van der Waals surface area contributed by atoms with Gasteiger partial charge in [-0.25, -0.2) is 0 Å². The van der Waals surface area contributed by atoms with Gasteiger partial charge < -0.3 is 4.74 Å². The molecule has 1 aromatic carbocycles. The standard InChI is InChI=1S/C14H19BrO2/c1-3-6-12(9-15)10-17-14-8-5-4-7-13(14)11(2)16/h4-5,7-8,12H,3,6,9-10H2,1-2H3. The van der Waals surface area contributed by atoms with Gasteiger partial charge in [0.15, 0.2) is 5.78 Å². The third kappa shape index (κ3) is 4.50. The number of para-hydroxylation sites is 1. The maximum Gasteiger partial charge on any atom is 0.163 e. The number of carbonyl (C=O) groups excluding carboxylic acids is 1. The van der Waals surface area contributed by atoms with Gasteiger partial charge in [0.1, 0.15) is 5.75 Å². The first-order valence-electron chi connectivity index (χ1n) is 5.97. The van der Waals surface area contributed by atoms with Crippen LogP contribution >= 0.6 is 15.9 Å². The highest BCUT2D eigenvalue weighted by Gasteiger charge is 2.11. The zero-order chi connectivity index (χ0) is 12.7. The minimum Gasteiger partial charge on any atom is -0.493 e. The largest absolute Gasteiger partial charge is 0.493 e. The van der Waals surface area contributed by atoms with Gasteiger partial charge in [-0.05, 0) is 25.5 Å². The molecule has 1 rings (SSSR count). The molecular formula is C14H19BrO2. The average molecular weight is 299 g/mol. The second-order valence-electron chi connectivity index (χ2n) is 4.17. The predicted octanol–water partition coefficient (Wildman–Crippen LogP) is 4.08. The fourth-order valence-electron chi connectivity index (χ4n) is 1.70. The highest BCUT2D eigenvalue weighted by atomic mass is 79.9. The van der Waals surface area contributed by atoms with Crippen molar-refractivity contribution >= 4 is 21.7 Å². The summed E-state index contributed by atoms with van der Waals surface area (Å²) in [5.41, 5.74) is 0.664. The zero-order valence-corrected chi connectivity index (χ0v) is 12.0. The van der Waals surface area contributed by atoms with E-state index >= 15 is 0 Å². The number of halogens is 1. The molecule has 0 fully saturated rings. The molecule has 3 heteroatoms. The molecule has 94 valence electrons. The third-order valence-electron chi connectivity index (χ3n) is 2.66. The average Bonchev–Trinajstić information content (AvgIpc) is 2.34. The quantitative estimate of drug-likeness (QED) is 0.560. The van der Waals surface area contributed by atoms with Crippen LogP contribution in [0, 0.1) is 5.92 Å². The van der Waals surface area contributed by atoms with Crippen LogP contribution in [0.5, 0.6) is 5.75 Å². The highest BCUT2D eigenvalue weighted by Crippen LogP contribution is 2.20. The molecule has 0 aromatic heterocycles. The number of hydrogen-bond donors (Lipinski definition) is 0. The van der Waals surface area contributed by atoms with Crippen LogP contribution < -0.4 is 4.74 Å². The molecule has 17 heavy (non-hydrogen) atoms. The van der Waals surface area contributed by atoms with Crippen LogP contribution in [0.4, 0.5) is 0 Å². The summed E-state index contributed by atoms with van der Waals surface area (Å²) >= 11 is 3.49. The Hall–Kier alpha value is -0.830. The van der Waals surface area contributed by atoms with E-state index in [4.69, 9.17) is 4.74 Å². The minimum absolute atomic E-state index is 0.0477. The Balaban J connectivity index is 2.65. The van der Waals surface area contributed by atoms with E-state index in [1.807, 2.05) is 18.2 Å². The first kappa shape index (κ1) is 14.2. The fraction of sp³-hybridized carbons (Fsp3) is 0.500. The van der Waals surface area contributed by atoms with Gasteiger partial charge in [0.2, 0.25) is 0 Å². The molecule has 1 aromatic rings. The van der Waals surface area contributed by atoms with E-state index in [-0.39, 0.29) is 5.78 Å². The number of benzene rings is 1. The Bertz CT molecular complexity index is 363. The van der Waals surface area contributed by atoms with E-state index in [9.17, 15) is 4.79 Å². The van der Waals surface area contributed by atoms with Gasteiger partial charge in [-0.1, -0.05) is 41.4 Å². The molecule has 0 saturated heterocycles. The van der Waals surface area contributed by atoms with Crippen molar-refractivity contribution in [3.05, 3.63) is 29.8 Å². The number of alkyl halides is 1. The molecule has 0 aliphatic rings. The van der Waals surface area contributed by atoms with Gasteiger partial charge in [-0.15, -0.1) is 0 Å². The smallest absolute Gasteiger partial charge is 0.163 e. The van der Waals surface area contributed by atoms with Crippen LogP contribution in [-0.4, -0.2) is 17.7 Å². The summed E-state index contributed by atoms with van der Waals surface area (Å²) in [7, 11) is 0. The monoisotopic (exact) mass is 298 g/mol. The molecule has 0 aliphatic heterocycles. The molecule has 0 amide bonds. The van der Waals surface area contributed by atoms with Crippen LogP contribution in [0.25, 0.3) is 0 Å². The van der Waals surface area contributed by atoms with Crippen molar-refractivity contribution in [2.24, 2.45) is 5.92 Å². The van der Waals surface area contributed by atoms with Gasteiger partial charge in [-0.2, -0.15) is 0 Å². The maximum absolute atomic E-state index is 11.4. The first-order chi connectivity index (χ1) is 8.19. The van der Waals surface area contributed by atoms with Crippen molar-refractivity contribution in [3.63, 3.8) is 0 Å². The van der Waals surface area contributed by atoms with Crippen molar-refractivity contribution in [2.75, 3.05) is 11.9 Å². The van der Waals surface area contributed by atoms with Crippen molar-refractivity contribution in [1.82, 2.24) is 0 Å². The molecule has 0 radical (unpaired) electrons. The molecule has 0 aliphatic carbocycles. The van der Waals surface area contributed by atoms with Gasteiger partial charge in [0.25, 0.3) is 0 Å². The molecule has 0 saturated carbocycles. The number of ketones is 1. The van der Waals surface area contributed by atoms with Crippen molar-refractivity contribution in [3.8, 4) is 5.75 Å². The number of rotatable bonds is 7. The molecule has 0 N–H and O–H groups in total. The molecule has 0 heterocycles. The Morgan fingerprint density at radius 1 is 1.41 bits per heavy atom. The van der Waals surface area contributed by atoms with Crippen molar-refractivity contribution < 1.29 is 9.53 Å². The lowest BCUT2D eigenvalue weighted by molar-refractivity contribution is 0.101. The summed E-state index contributed by atoms with van der Waals surface area (Å²) in [6.45, 7) is 4.39. The van der Waals surface area contributed by atoms with Crippen LogP contribution in [0.1, 0.15) is 37.0 Å². The van der Waals surface area contributed by atoms with E-state index < -0.39 is 0 Å². The zero-order valence-electron chi connectivity index (χ0n) is 10.4. The Morgan fingerprint density at radius 2 is 2.12 bits per heavy atom. The van der Waals surface area contributed by atoms with Crippen LogP contribution in [0.15, 0.2) is 24.3 Å². The van der Waals surface area contributed by atoms with Crippen molar-refractivity contribution in [1.29, 1.82) is 0 Å². The van der Waals surface area contributed by atoms with Gasteiger partial charge in [0, 0.05) is 11.2 Å². The highest BCUT2D eigenvalue weighted by molar-refractivity contribution is 9.09. The van der Waals surface area contributed by atoms with Crippen LogP contribution in [0.2, 0.25) is 0 Å². The molecule has 0 bridgehead atoms. The summed E-state index contributed by atoms with van der Waals surface area (Å²) in [5, 5.41) is 0.934. The summed E-state index contributed by atoms with van der Waals surface area (Å²) in [6.07, 6.45) is 2.28. The number of hydrogen-bond acceptors (Lipinski definition) is 2. The Labute approximate surface area is 111 Å². The van der Waals surface area contributed by atoms with E-state index in [2.05, 4.69) is 22.9 Å². The Morgan fingerprint density at radius 3 is 2.71 bits per heavy atom. The molecule has 1 atom stereocenters. The summed E-state index contributed by atoms with van der Waals surface area (Å²) in [5.74, 6) is 1.24. The van der Waals surface area contributed by atoms with Gasteiger partial charge >= 0.3 is 0 Å². The number of carbonyl (C=O) groups is 1. The fourth-order valence-corrected chi connectivity index (χ4v) is 2.21. The Kier molecular flexibility index (Phi) is 6.27. The lowest BCUT2D eigenvalue weighted by Crippen LogP contribution is -2.14. The summed E-state index contributed by atoms with van der Waals surface area (Å²) in [4.78, 5) is 11.4. The topological polar surface area (TPSA) is 26.3 Å². The van der Waals surface area contributed by atoms with Crippen LogP contribution in [-0.2, 0) is 0 Å².